The summed E-state index contributed by atoms with van der Waals surface area (Å²) in [5, 5.41) is 0. The van der Waals surface area contributed by atoms with Crippen LogP contribution >= 0.6 is 12.4 Å². The third kappa shape index (κ3) is 4.52. The van der Waals surface area contributed by atoms with Gasteiger partial charge in [-0.15, -0.1) is 12.4 Å². The van der Waals surface area contributed by atoms with E-state index in [9.17, 15) is 0 Å². The lowest BCUT2D eigenvalue weighted by molar-refractivity contribution is 0.195. The molecule has 0 unspecified atom stereocenters. The predicted octanol–water partition coefficient (Wildman–Crippen LogP) is 4.98. The van der Waals surface area contributed by atoms with E-state index in [4.69, 9.17) is 4.74 Å². The number of hydrogen-bond donors (Lipinski definition) is 0. The van der Waals surface area contributed by atoms with Crippen LogP contribution < -0.4 is 4.74 Å². The van der Waals surface area contributed by atoms with Crippen LogP contribution in [0.1, 0.15) is 42.0 Å². The molecule has 130 valence electrons. The Morgan fingerprint density at radius 2 is 1.83 bits per heavy atom. The number of rotatable bonds is 5. The Hall–Kier alpha value is -1.51. The highest BCUT2D eigenvalue weighted by molar-refractivity contribution is 5.85. The number of nitrogens with zero attached hydrogens (tertiary/aromatic N) is 1. The Balaban J connectivity index is 0.00000208. The molecule has 2 aromatic carbocycles. The van der Waals surface area contributed by atoms with Gasteiger partial charge >= 0.3 is 0 Å². The molecule has 0 radical (unpaired) electrons. The van der Waals surface area contributed by atoms with E-state index in [-0.39, 0.29) is 12.4 Å². The van der Waals surface area contributed by atoms with E-state index in [1.165, 1.54) is 22.3 Å². The molecule has 1 heterocycles. The van der Waals surface area contributed by atoms with Crippen molar-refractivity contribution < 1.29 is 4.74 Å². The lowest BCUT2D eigenvalue weighted by Gasteiger charge is -2.28. The average Bonchev–Trinajstić information content (AvgIpc) is 2.54. The molecule has 1 aliphatic rings. The summed E-state index contributed by atoms with van der Waals surface area (Å²) in [6.07, 6.45) is 1.15. The molecule has 0 N–H and O–H groups in total. The van der Waals surface area contributed by atoms with Gasteiger partial charge in [-0.25, -0.2) is 0 Å². The first-order valence-electron chi connectivity index (χ1n) is 8.66. The summed E-state index contributed by atoms with van der Waals surface area (Å²) in [6.45, 7) is 10.5. The standard InChI is InChI=1S/C21H27NO.ClH/c1-16(2)20-9-8-17(3)14-21(20)23-13-12-22-11-10-18-6-4-5-7-19(18)15-22;/h4-9,14,16H,10-13,15H2,1-3H3;1H. The van der Waals surface area contributed by atoms with Gasteiger partial charge in [0, 0.05) is 19.6 Å². The summed E-state index contributed by atoms with van der Waals surface area (Å²) in [6, 6.07) is 15.3. The third-order valence-electron chi connectivity index (χ3n) is 4.67. The molecule has 0 spiro atoms. The maximum atomic E-state index is 6.13. The van der Waals surface area contributed by atoms with Gasteiger partial charge in [0.05, 0.1) is 0 Å². The normalized spacial score (nSPS) is 14.2. The van der Waals surface area contributed by atoms with Crippen LogP contribution in [0.15, 0.2) is 42.5 Å². The molecule has 1 aliphatic heterocycles. The van der Waals surface area contributed by atoms with E-state index in [1.54, 1.807) is 0 Å². The van der Waals surface area contributed by atoms with Crippen molar-refractivity contribution >= 4 is 12.4 Å². The number of fused-ring (bicyclic) bond motifs is 1. The summed E-state index contributed by atoms with van der Waals surface area (Å²) >= 11 is 0. The number of halogens is 1. The van der Waals surface area contributed by atoms with E-state index in [1.807, 2.05) is 0 Å². The summed E-state index contributed by atoms with van der Waals surface area (Å²) in [7, 11) is 0. The summed E-state index contributed by atoms with van der Waals surface area (Å²) in [5.74, 6) is 1.55. The van der Waals surface area contributed by atoms with Crippen molar-refractivity contribution in [2.45, 2.75) is 39.7 Å². The van der Waals surface area contributed by atoms with Gasteiger partial charge < -0.3 is 4.74 Å². The predicted molar refractivity (Wildman–Crippen MR) is 103 cm³/mol. The van der Waals surface area contributed by atoms with Gasteiger partial charge in [0.25, 0.3) is 0 Å². The number of ether oxygens (including phenoxy) is 1. The second kappa shape index (κ2) is 8.55. The molecular formula is C21H28ClNO. The van der Waals surface area contributed by atoms with Gasteiger partial charge in [-0.3, -0.25) is 4.90 Å². The fraction of sp³-hybridized carbons (Fsp3) is 0.429. The largest absolute Gasteiger partial charge is 0.492 e. The van der Waals surface area contributed by atoms with Crippen molar-refractivity contribution in [1.82, 2.24) is 4.90 Å². The summed E-state index contributed by atoms with van der Waals surface area (Å²) in [5.41, 5.74) is 5.54. The van der Waals surface area contributed by atoms with Crippen molar-refractivity contribution in [3.05, 3.63) is 64.7 Å². The lowest BCUT2D eigenvalue weighted by atomic mass is 10.00. The zero-order valence-electron chi connectivity index (χ0n) is 14.9. The fourth-order valence-electron chi connectivity index (χ4n) is 3.27. The van der Waals surface area contributed by atoms with E-state index in [2.05, 4.69) is 68.1 Å². The van der Waals surface area contributed by atoms with Crippen LogP contribution in [0.4, 0.5) is 0 Å². The molecule has 0 fully saturated rings. The quantitative estimate of drug-likeness (QED) is 0.758. The van der Waals surface area contributed by atoms with Gasteiger partial charge in [-0.2, -0.15) is 0 Å². The monoisotopic (exact) mass is 345 g/mol. The van der Waals surface area contributed by atoms with E-state index in [0.29, 0.717) is 5.92 Å². The molecule has 2 aromatic rings. The number of hydrogen-bond acceptors (Lipinski definition) is 2. The molecule has 0 saturated heterocycles. The minimum atomic E-state index is 0. The molecule has 0 saturated carbocycles. The molecule has 2 nitrogen and oxygen atoms in total. The van der Waals surface area contributed by atoms with Crippen LogP contribution in [0.25, 0.3) is 0 Å². The maximum Gasteiger partial charge on any atom is 0.123 e. The fourth-order valence-corrected chi connectivity index (χ4v) is 3.27. The lowest BCUT2D eigenvalue weighted by Crippen LogP contribution is -2.33. The highest BCUT2D eigenvalue weighted by Crippen LogP contribution is 2.27. The molecule has 0 atom stereocenters. The van der Waals surface area contributed by atoms with Gasteiger partial charge in [0.1, 0.15) is 12.4 Å². The maximum absolute atomic E-state index is 6.13. The Labute approximate surface area is 152 Å². The van der Waals surface area contributed by atoms with Crippen molar-refractivity contribution in [2.75, 3.05) is 19.7 Å². The second-order valence-electron chi connectivity index (χ2n) is 6.84. The Morgan fingerprint density at radius 1 is 1.08 bits per heavy atom. The highest BCUT2D eigenvalue weighted by Gasteiger charge is 2.15. The van der Waals surface area contributed by atoms with Crippen LogP contribution in [0, 0.1) is 6.92 Å². The average molecular weight is 346 g/mol. The molecule has 0 amide bonds. The van der Waals surface area contributed by atoms with Crippen LogP contribution in [-0.2, 0) is 13.0 Å². The first-order chi connectivity index (χ1) is 11.1. The zero-order valence-corrected chi connectivity index (χ0v) is 15.7. The van der Waals surface area contributed by atoms with E-state index >= 15 is 0 Å². The molecule has 3 rings (SSSR count). The molecule has 3 heteroatoms. The minimum absolute atomic E-state index is 0. The summed E-state index contributed by atoms with van der Waals surface area (Å²) in [4.78, 5) is 2.49. The Kier molecular flexibility index (Phi) is 6.70. The number of benzene rings is 2. The van der Waals surface area contributed by atoms with Crippen LogP contribution in [0.3, 0.4) is 0 Å². The smallest absolute Gasteiger partial charge is 0.123 e. The van der Waals surface area contributed by atoms with Gasteiger partial charge in [0.15, 0.2) is 0 Å². The Morgan fingerprint density at radius 3 is 2.58 bits per heavy atom. The SMILES string of the molecule is Cc1ccc(C(C)C)c(OCCN2CCc3ccccc3C2)c1.Cl. The van der Waals surface area contributed by atoms with Crippen LogP contribution in [0.2, 0.25) is 0 Å². The van der Waals surface area contributed by atoms with Gasteiger partial charge in [-0.1, -0.05) is 50.2 Å². The van der Waals surface area contributed by atoms with E-state index in [0.717, 1.165) is 38.4 Å². The highest BCUT2D eigenvalue weighted by atomic mass is 35.5. The summed E-state index contributed by atoms with van der Waals surface area (Å²) < 4.78 is 6.13. The molecule has 24 heavy (non-hydrogen) atoms. The first-order valence-corrected chi connectivity index (χ1v) is 8.66. The van der Waals surface area contributed by atoms with E-state index < -0.39 is 0 Å². The second-order valence-corrected chi connectivity index (χ2v) is 6.84. The van der Waals surface area contributed by atoms with Crippen molar-refractivity contribution in [2.24, 2.45) is 0 Å². The molecule has 0 aliphatic carbocycles. The van der Waals surface area contributed by atoms with Crippen LogP contribution in [-0.4, -0.2) is 24.6 Å². The zero-order chi connectivity index (χ0) is 16.2. The van der Waals surface area contributed by atoms with Gasteiger partial charge in [-0.05, 0) is 47.6 Å². The van der Waals surface area contributed by atoms with Crippen molar-refractivity contribution in [3.8, 4) is 5.75 Å². The molecular weight excluding hydrogens is 318 g/mol. The van der Waals surface area contributed by atoms with Crippen LogP contribution in [0.5, 0.6) is 5.75 Å². The van der Waals surface area contributed by atoms with Crippen molar-refractivity contribution in [1.29, 1.82) is 0 Å². The third-order valence-corrected chi connectivity index (χ3v) is 4.67. The topological polar surface area (TPSA) is 12.5 Å². The van der Waals surface area contributed by atoms with Crippen molar-refractivity contribution in [3.63, 3.8) is 0 Å². The molecule has 0 bridgehead atoms. The first kappa shape index (κ1) is 18.8. The molecule has 0 aromatic heterocycles. The van der Waals surface area contributed by atoms with Gasteiger partial charge in [0.2, 0.25) is 0 Å². The number of aryl methyl sites for hydroxylation is 1. The minimum Gasteiger partial charge on any atom is -0.492 e. The Bertz CT molecular complexity index is 669.